The summed E-state index contributed by atoms with van der Waals surface area (Å²) in [7, 11) is 0. The molecule has 1 atom stereocenters. The fourth-order valence-corrected chi connectivity index (χ4v) is 3.87. The van der Waals surface area contributed by atoms with Crippen LogP contribution in [0.5, 0.6) is 0 Å². The minimum absolute atomic E-state index is 0.750. The summed E-state index contributed by atoms with van der Waals surface area (Å²) in [6.07, 6.45) is 10.3. The number of aliphatic imine (C=N–C) groups is 1. The molecule has 6 heteroatoms. The average molecular weight is 371 g/mol. The molecule has 0 bridgehead atoms. The van der Waals surface area contributed by atoms with Gasteiger partial charge in [0.25, 0.3) is 0 Å². The van der Waals surface area contributed by atoms with Gasteiger partial charge in [-0.2, -0.15) is 0 Å². The molecule has 27 heavy (non-hydrogen) atoms. The van der Waals surface area contributed by atoms with E-state index in [9.17, 15) is 0 Å². The third-order valence-electron chi connectivity index (χ3n) is 5.31. The van der Waals surface area contributed by atoms with E-state index in [1.54, 1.807) is 0 Å². The molecule has 0 amide bonds. The van der Waals surface area contributed by atoms with E-state index in [-0.39, 0.29) is 0 Å². The quantitative estimate of drug-likeness (QED) is 0.554. The van der Waals surface area contributed by atoms with E-state index in [0.717, 1.165) is 55.9 Å². The van der Waals surface area contributed by atoms with E-state index in [0.29, 0.717) is 0 Å². The first-order valence-corrected chi connectivity index (χ1v) is 10.5. The molecule has 1 fully saturated rings. The number of hydrogen-bond acceptors (Lipinski definition) is 3. The number of aromatic nitrogens is 2. The summed E-state index contributed by atoms with van der Waals surface area (Å²) in [5.74, 6) is 0.909. The molecule has 1 saturated heterocycles. The van der Waals surface area contributed by atoms with Gasteiger partial charge in [0.15, 0.2) is 5.96 Å². The highest BCUT2D eigenvalue weighted by atomic mass is 15.2. The van der Waals surface area contributed by atoms with Crippen molar-refractivity contribution < 1.29 is 0 Å². The molecule has 6 nitrogen and oxygen atoms in total. The highest BCUT2D eigenvalue weighted by molar-refractivity contribution is 5.79. The van der Waals surface area contributed by atoms with Crippen LogP contribution in [0.4, 0.5) is 0 Å². The van der Waals surface area contributed by atoms with Gasteiger partial charge in [0.2, 0.25) is 0 Å². The lowest BCUT2D eigenvalue weighted by atomic mass is 10.0. The van der Waals surface area contributed by atoms with Gasteiger partial charge < -0.3 is 15.0 Å². The van der Waals surface area contributed by atoms with Crippen molar-refractivity contribution >= 4 is 11.6 Å². The van der Waals surface area contributed by atoms with Gasteiger partial charge in [0, 0.05) is 44.5 Å². The molecule has 0 radical (unpaired) electrons. The fourth-order valence-electron chi connectivity index (χ4n) is 3.87. The summed E-state index contributed by atoms with van der Waals surface area (Å²) in [4.78, 5) is 12.0. The Bertz CT molecular complexity index is 689. The number of imidazole rings is 1. The summed E-state index contributed by atoms with van der Waals surface area (Å²) < 4.78 is 2.07. The van der Waals surface area contributed by atoms with Crippen LogP contribution in [0.1, 0.15) is 45.2 Å². The Balaban J connectivity index is 1.46. The van der Waals surface area contributed by atoms with Crippen LogP contribution in [-0.2, 0) is 6.42 Å². The lowest BCUT2D eigenvalue weighted by molar-refractivity contribution is 0.148. The number of fused-ring (bicyclic) bond motifs is 1. The van der Waals surface area contributed by atoms with Gasteiger partial charge in [0.1, 0.15) is 5.65 Å². The lowest BCUT2D eigenvalue weighted by Gasteiger charge is -2.34. The largest absolute Gasteiger partial charge is 0.357 e. The highest BCUT2D eigenvalue weighted by Crippen LogP contribution is 2.18. The monoisotopic (exact) mass is 370 g/mol. The van der Waals surface area contributed by atoms with Crippen LogP contribution in [-0.4, -0.2) is 59.0 Å². The van der Waals surface area contributed by atoms with Gasteiger partial charge in [-0.05, 0) is 44.9 Å². The molecular weight excluding hydrogens is 336 g/mol. The predicted octanol–water partition coefficient (Wildman–Crippen LogP) is 2.70. The summed E-state index contributed by atoms with van der Waals surface area (Å²) in [5, 5.41) is 6.80. The highest BCUT2D eigenvalue weighted by Gasteiger charge is 2.19. The van der Waals surface area contributed by atoms with Crippen molar-refractivity contribution in [3.8, 4) is 0 Å². The zero-order chi connectivity index (χ0) is 18.9. The third kappa shape index (κ3) is 5.70. The Morgan fingerprint density at radius 3 is 3.00 bits per heavy atom. The maximum atomic E-state index is 4.78. The number of piperidine rings is 1. The van der Waals surface area contributed by atoms with Crippen LogP contribution >= 0.6 is 0 Å². The smallest absolute Gasteiger partial charge is 0.191 e. The number of hydrogen-bond donors (Lipinski definition) is 2. The number of likely N-dealkylation sites (tertiary alicyclic amines) is 1. The van der Waals surface area contributed by atoms with Gasteiger partial charge in [-0.1, -0.05) is 19.4 Å². The predicted molar refractivity (Wildman–Crippen MR) is 112 cm³/mol. The number of nitrogens with one attached hydrogen (secondary N) is 2. The Hall–Kier alpha value is -2.08. The normalized spacial score (nSPS) is 18.7. The minimum atomic E-state index is 0.750. The second-order valence-electron chi connectivity index (χ2n) is 7.23. The van der Waals surface area contributed by atoms with E-state index in [4.69, 9.17) is 4.99 Å². The third-order valence-corrected chi connectivity index (χ3v) is 5.31. The lowest BCUT2D eigenvalue weighted by Crippen LogP contribution is -2.42. The topological polar surface area (TPSA) is 57.0 Å². The van der Waals surface area contributed by atoms with Crippen LogP contribution in [0, 0.1) is 0 Å². The van der Waals surface area contributed by atoms with Crippen molar-refractivity contribution in [1.29, 1.82) is 0 Å². The second kappa shape index (κ2) is 10.3. The standard InChI is InChI=1S/C21H34N6/c1-3-19-9-5-7-14-26(19)16-13-24-21(22-4-2)23-12-11-18-17-27-15-8-6-10-20(27)25-18/h6,8,10,15,17,19H,3-5,7,9,11-14,16H2,1-2H3,(H2,22,23,24). The molecule has 0 aliphatic carbocycles. The molecule has 1 aliphatic rings. The first-order valence-electron chi connectivity index (χ1n) is 10.5. The van der Waals surface area contributed by atoms with Crippen molar-refractivity contribution in [2.45, 2.75) is 52.0 Å². The van der Waals surface area contributed by atoms with Crippen molar-refractivity contribution in [3.63, 3.8) is 0 Å². The van der Waals surface area contributed by atoms with Crippen LogP contribution < -0.4 is 10.6 Å². The van der Waals surface area contributed by atoms with Crippen molar-refractivity contribution in [2.75, 3.05) is 32.7 Å². The SMILES string of the molecule is CCNC(=NCCN1CCCCC1CC)NCCc1cn2ccccc2n1. The molecule has 3 heterocycles. The maximum absolute atomic E-state index is 4.78. The molecule has 3 rings (SSSR count). The molecule has 148 valence electrons. The number of guanidine groups is 1. The van der Waals surface area contributed by atoms with E-state index >= 15 is 0 Å². The Kier molecular flexibility index (Phi) is 7.51. The van der Waals surface area contributed by atoms with Crippen LogP contribution in [0.15, 0.2) is 35.6 Å². The van der Waals surface area contributed by atoms with Crippen LogP contribution in [0.2, 0.25) is 0 Å². The second-order valence-corrected chi connectivity index (χ2v) is 7.23. The minimum Gasteiger partial charge on any atom is -0.357 e. The molecule has 1 unspecified atom stereocenters. The van der Waals surface area contributed by atoms with Gasteiger partial charge >= 0.3 is 0 Å². The first kappa shape index (κ1) is 19.7. The molecule has 0 spiro atoms. The molecule has 2 aromatic heterocycles. The van der Waals surface area contributed by atoms with Crippen LogP contribution in [0.3, 0.4) is 0 Å². The molecule has 0 saturated carbocycles. The van der Waals surface area contributed by atoms with Gasteiger partial charge in [-0.3, -0.25) is 9.89 Å². The summed E-state index contributed by atoms with van der Waals surface area (Å²) in [6.45, 7) is 9.25. The first-order chi connectivity index (χ1) is 13.3. The molecular formula is C21H34N6. The fraction of sp³-hybridized carbons (Fsp3) is 0.619. The van der Waals surface area contributed by atoms with E-state index in [2.05, 4.69) is 45.0 Å². The molecule has 2 aromatic rings. The molecule has 1 aliphatic heterocycles. The average Bonchev–Trinajstić information content (AvgIpc) is 3.11. The van der Waals surface area contributed by atoms with Gasteiger partial charge in [0.05, 0.1) is 12.2 Å². The Labute approximate surface area is 163 Å². The Morgan fingerprint density at radius 2 is 2.19 bits per heavy atom. The van der Waals surface area contributed by atoms with Crippen molar-refractivity contribution in [3.05, 3.63) is 36.3 Å². The zero-order valence-corrected chi connectivity index (χ0v) is 16.8. The summed E-state index contributed by atoms with van der Waals surface area (Å²) in [5.41, 5.74) is 2.10. The van der Waals surface area contributed by atoms with E-state index < -0.39 is 0 Å². The van der Waals surface area contributed by atoms with Gasteiger partial charge in [-0.15, -0.1) is 0 Å². The number of pyridine rings is 1. The summed E-state index contributed by atoms with van der Waals surface area (Å²) in [6, 6.07) is 6.83. The maximum Gasteiger partial charge on any atom is 0.191 e. The Morgan fingerprint density at radius 1 is 1.26 bits per heavy atom. The van der Waals surface area contributed by atoms with Crippen molar-refractivity contribution in [2.24, 2.45) is 4.99 Å². The van der Waals surface area contributed by atoms with Crippen molar-refractivity contribution in [1.82, 2.24) is 24.9 Å². The summed E-state index contributed by atoms with van der Waals surface area (Å²) >= 11 is 0. The molecule has 2 N–H and O–H groups in total. The van der Waals surface area contributed by atoms with E-state index in [1.165, 1.54) is 32.2 Å². The number of rotatable bonds is 8. The van der Waals surface area contributed by atoms with E-state index in [1.807, 2.05) is 24.4 Å². The number of nitrogens with zero attached hydrogens (tertiary/aromatic N) is 4. The van der Waals surface area contributed by atoms with Gasteiger partial charge in [-0.25, -0.2) is 4.98 Å². The zero-order valence-electron chi connectivity index (χ0n) is 16.8. The molecule has 0 aromatic carbocycles. The van der Waals surface area contributed by atoms with Crippen LogP contribution in [0.25, 0.3) is 5.65 Å².